The van der Waals surface area contributed by atoms with Crippen LogP contribution in [0.25, 0.3) is 0 Å². The van der Waals surface area contributed by atoms with Gasteiger partial charge in [0, 0.05) is 24.4 Å². The first kappa shape index (κ1) is 21.3. The summed E-state index contributed by atoms with van der Waals surface area (Å²) in [7, 11) is 0. The molecule has 0 bridgehead atoms. The highest BCUT2D eigenvalue weighted by atomic mass is 32.1. The van der Waals surface area contributed by atoms with E-state index in [-0.39, 0.29) is 30.5 Å². The number of terminal acetylenes is 1. The van der Waals surface area contributed by atoms with Crippen molar-refractivity contribution in [1.82, 2.24) is 20.7 Å². The summed E-state index contributed by atoms with van der Waals surface area (Å²) in [6.07, 6.45) is 6.32. The molecule has 0 unspecified atom stereocenters. The smallest absolute Gasteiger partial charge is 0.410 e. The van der Waals surface area contributed by atoms with E-state index in [9.17, 15) is 14.4 Å². The van der Waals surface area contributed by atoms with E-state index in [0.717, 1.165) is 23.4 Å². The molecule has 1 aliphatic heterocycles. The molecule has 1 aliphatic rings. The van der Waals surface area contributed by atoms with Crippen LogP contribution in [0.3, 0.4) is 0 Å². The van der Waals surface area contributed by atoms with Gasteiger partial charge in [-0.2, -0.15) is 0 Å². The second-order valence-corrected chi connectivity index (χ2v) is 7.65. The Balaban J connectivity index is 1.45. The number of thiazole rings is 1. The number of carbonyl (C=O) groups excluding carboxylic acids is 3. The molecule has 0 saturated carbocycles. The minimum absolute atomic E-state index is 0.0361. The lowest BCUT2D eigenvalue weighted by molar-refractivity contribution is -0.121. The number of amides is 3. The third-order valence-corrected chi connectivity index (χ3v) is 5.67. The molecule has 9 heteroatoms. The maximum Gasteiger partial charge on any atom is 0.410 e. The predicted molar refractivity (Wildman–Crippen MR) is 112 cm³/mol. The largest absolute Gasteiger partial charge is 0.436 e. The Labute approximate surface area is 178 Å². The number of aromatic nitrogens is 1. The van der Waals surface area contributed by atoms with Gasteiger partial charge in [0.05, 0.1) is 11.4 Å². The minimum atomic E-state index is -0.464. The van der Waals surface area contributed by atoms with E-state index in [1.54, 1.807) is 10.3 Å². The van der Waals surface area contributed by atoms with Crippen LogP contribution in [0.1, 0.15) is 39.8 Å². The Morgan fingerprint density at radius 3 is 2.63 bits per heavy atom. The summed E-state index contributed by atoms with van der Waals surface area (Å²) in [6, 6.07) is 9.26. The van der Waals surface area contributed by atoms with Gasteiger partial charge in [-0.1, -0.05) is 36.3 Å². The van der Waals surface area contributed by atoms with Crippen LogP contribution < -0.4 is 10.9 Å². The van der Waals surface area contributed by atoms with Crippen molar-refractivity contribution < 1.29 is 19.1 Å². The monoisotopic (exact) mass is 426 g/mol. The number of likely N-dealkylation sites (tertiary alicyclic amines) is 1. The van der Waals surface area contributed by atoms with Crippen molar-refractivity contribution in [3.8, 4) is 12.3 Å². The molecule has 1 aromatic heterocycles. The normalized spacial score (nSPS) is 13.9. The lowest BCUT2D eigenvalue weighted by atomic mass is 9.98. The molecular formula is C21H22N4O4S. The molecule has 2 N–H and O–H groups in total. The molecule has 3 amide bonds. The fourth-order valence-electron chi connectivity index (χ4n) is 3.10. The summed E-state index contributed by atoms with van der Waals surface area (Å²) >= 11 is 1.40. The Morgan fingerprint density at radius 1 is 1.20 bits per heavy atom. The molecule has 1 aromatic carbocycles. The quantitative estimate of drug-likeness (QED) is 0.563. The Bertz CT molecular complexity index is 930. The van der Waals surface area contributed by atoms with Crippen LogP contribution in [0.4, 0.5) is 4.79 Å². The summed E-state index contributed by atoms with van der Waals surface area (Å²) in [4.78, 5) is 42.1. The summed E-state index contributed by atoms with van der Waals surface area (Å²) in [5, 5.41) is 2.51. The number of ether oxygens (including phenoxy) is 1. The van der Waals surface area contributed by atoms with Crippen molar-refractivity contribution in [2.45, 2.75) is 25.2 Å². The summed E-state index contributed by atoms with van der Waals surface area (Å²) < 4.78 is 4.94. The lowest BCUT2D eigenvalue weighted by Crippen LogP contribution is -2.42. The van der Waals surface area contributed by atoms with Gasteiger partial charge >= 0.3 is 6.09 Å². The molecular weight excluding hydrogens is 404 g/mol. The molecule has 2 aromatic rings. The highest BCUT2D eigenvalue weighted by molar-refractivity contribution is 7.09. The van der Waals surface area contributed by atoms with E-state index in [0.29, 0.717) is 13.1 Å². The molecule has 156 valence electrons. The van der Waals surface area contributed by atoms with Crippen LogP contribution >= 0.6 is 11.3 Å². The van der Waals surface area contributed by atoms with Gasteiger partial charge in [0.25, 0.3) is 5.91 Å². The second-order valence-electron chi connectivity index (χ2n) is 6.76. The molecule has 3 rings (SSSR count). The van der Waals surface area contributed by atoms with Crippen molar-refractivity contribution in [2.75, 3.05) is 19.7 Å². The van der Waals surface area contributed by atoms with E-state index in [1.165, 1.54) is 11.3 Å². The fraction of sp³-hybridized carbons (Fsp3) is 0.333. The van der Waals surface area contributed by atoms with Crippen LogP contribution in [0.15, 0.2) is 35.7 Å². The first-order valence-corrected chi connectivity index (χ1v) is 10.4. The number of nitrogens with zero attached hydrogens (tertiary/aromatic N) is 2. The number of carbonyl (C=O) groups is 3. The number of piperidine rings is 1. The van der Waals surface area contributed by atoms with Gasteiger partial charge in [-0.05, 0) is 18.4 Å². The Kier molecular flexibility index (Phi) is 7.40. The zero-order valence-electron chi connectivity index (χ0n) is 16.3. The molecule has 0 spiro atoms. The predicted octanol–water partition coefficient (Wildman–Crippen LogP) is 2.10. The van der Waals surface area contributed by atoms with Gasteiger partial charge in [-0.3, -0.25) is 20.4 Å². The molecule has 0 aliphatic carbocycles. The van der Waals surface area contributed by atoms with Gasteiger partial charge in [0.1, 0.15) is 5.69 Å². The molecule has 2 heterocycles. The van der Waals surface area contributed by atoms with Crippen molar-refractivity contribution in [2.24, 2.45) is 0 Å². The first-order valence-electron chi connectivity index (χ1n) is 9.50. The maximum absolute atomic E-state index is 12.3. The maximum atomic E-state index is 12.3. The second kappa shape index (κ2) is 10.4. The van der Waals surface area contributed by atoms with Crippen LogP contribution in [-0.2, 0) is 16.0 Å². The van der Waals surface area contributed by atoms with Crippen LogP contribution in [0.5, 0.6) is 0 Å². The van der Waals surface area contributed by atoms with Crippen LogP contribution in [-0.4, -0.2) is 47.5 Å². The number of hydrogen-bond donors (Lipinski definition) is 2. The molecule has 1 fully saturated rings. The van der Waals surface area contributed by atoms with Gasteiger partial charge < -0.3 is 9.64 Å². The zero-order valence-corrected chi connectivity index (χ0v) is 17.1. The third-order valence-electron chi connectivity index (χ3n) is 4.66. The topological polar surface area (TPSA) is 101 Å². The van der Waals surface area contributed by atoms with E-state index in [4.69, 9.17) is 11.2 Å². The number of hydrazine groups is 1. The van der Waals surface area contributed by atoms with Crippen LogP contribution in [0, 0.1) is 12.3 Å². The summed E-state index contributed by atoms with van der Waals surface area (Å²) in [5.74, 6) is 1.67. The Hall–Kier alpha value is -3.38. The highest BCUT2D eigenvalue weighted by Crippen LogP contribution is 2.30. The zero-order chi connectivity index (χ0) is 21.3. The van der Waals surface area contributed by atoms with Gasteiger partial charge in [0.15, 0.2) is 6.61 Å². The number of benzene rings is 1. The van der Waals surface area contributed by atoms with Crippen molar-refractivity contribution >= 4 is 29.2 Å². The number of rotatable bonds is 5. The van der Waals surface area contributed by atoms with Crippen LogP contribution in [0.2, 0.25) is 0 Å². The molecule has 8 nitrogen and oxygen atoms in total. The van der Waals surface area contributed by atoms with E-state index >= 15 is 0 Å². The average Bonchev–Trinajstić information content (AvgIpc) is 3.27. The summed E-state index contributed by atoms with van der Waals surface area (Å²) in [6.45, 7) is 1.06. The summed E-state index contributed by atoms with van der Waals surface area (Å²) in [5.41, 5.74) is 5.92. The third kappa shape index (κ3) is 5.81. The lowest BCUT2D eigenvalue weighted by Gasteiger charge is -2.30. The van der Waals surface area contributed by atoms with Crippen molar-refractivity contribution in [1.29, 1.82) is 0 Å². The minimum Gasteiger partial charge on any atom is -0.436 e. The number of hydrogen-bond acceptors (Lipinski definition) is 6. The molecule has 30 heavy (non-hydrogen) atoms. The molecule has 1 saturated heterocycles. The first-order chi connectivity index (χ1) is 14.6. The van der Waals surface area contributed by atoms with E-state index in [1.807, 2.05) is 30.3 Å². The van der Waals surface area contributed by atoms with E-state index in [2.05, 4.69) is 21.8 Å². The highest BCUT2D eigenvalue weighted by Gasteiger charge is 2.27. The van der Waals surface area contributed by atoms with Crippen molar-refractivity contribution in [3.63, 3.8) is 0 Å². The van der Waals surface area contributed by atoms with Gasteiger partial charge in [-0.25, -0.2) is 9.78 Å². The Morgan fingerprint density at radius 2 is 1.93 bits per heavy atom. The van der Waals surface area contributed by atoms with Gasteiger partial charge in [-0.15, -0.1) is 17.8 Å². The number of nitrogens with one attached hydrogen (secondary N) is 2. The van der Waals surface area contributed by atoms with Gasteiger partial charge in [0.2, 0.25) is 5.91 Å². The standard InChI is InChI=1S/C21H22N4O4S/c1-2-12-29-21(28)25-10-8-16(9-11-25)20-22-17(14-30-20)19(27)24-23-18(26)13-15-6-4-3-5-7-15/h1,3-7,14,16H,8-13H2,(H,23,26)(H,24,27). The molecule has 0 atom stereocenters. The SMILES string of the molecule is C#CCOC(=O)N1CCC(c2nc(C(=O)NNC(=O)Cc3ccccc3)cs2)CC1. The van der Waals surface area contributed by atoms with Crippen molar-refractivity contribution in [3.05, 3.63) is 52.0 Å². The molecule has 0 radical (unpaired) electrons. The fourth-order valence-corrected chi connectivity index (χ4v) is 4.07. The average molecular weight is 426 g/mol. The van der Waals surface area contributed by atoms with E-state index < -0.39 is 12.0 Å².